The number of rotatable bonds is 5. The van der Waals surface area contributed by atoms with Gasteiger partial charge in [-0.05, 0) is 37.6 Å². The average molecular weight is 330 g/mol. The topological polar surface area (TPSA) is 84.0 Å². The molecule has 0 aliphatic heterocycles. The minimum Gasteiger partial charge on any atom is -0.326 e. The van der Waals surface area contributed by atoms with Gasteiger partial charge >= 0.3 is 0 Å². The van der Waals surface area contributed by atoms with Gasteiger partial charge in [0.15, 0.2) is 5.16 Å². The Kier molecular flexibility index (Phi) is 5.70. The van der Waals surface area contributed by atoms with Crippen LogP contribution >= 0.6 is 11.8 Å². The van der Waals surface area contributed by atoms with Crippen LogP contribution in [0.3, 0.4) is 0 Å². The third-order valence-electron chi connectivity index (χ3n) is 2.94. The number of nitrogens with zero attached hydrogens (tertiary/aromatic N) is 2. The molecule has 0 bridgehead atoms. The van der Waals surface area contributed by atoms with Crippen LogP contribution in [-0.2, 0) is 9.59 Å². The Bertz CT molecular complexity index is 734. The number of anilines is 2. The minimum absolute atomic E-state index is 0.149. The molecule has 2 N–H and O–H groups in total. The molecule has 2 aromatic rings. The molecule has 23 heavy (non-hydrogen) atoms. The van der Waals surface area contributed by atoms with Gasteiger partial charge in [-0.25, -0.2) is 9.97 Å². The standard InChI is InChI=1S/C16H18N4O2S/c1-10-4-5-13(8-14(10)19-12(3)21)20-15(22)9-23-16-17-7-6-11(2)18-16/h4-8H,9H2,1-3H3,(H,19,21)(H,20,22). The molecule has 0 unspecified atom stereocenters. The highest BCUT2D eigenvalue weighted by Crippen LogP contribution is 2.21. The van der Waals surface area contributed by atoms with Gasteiger partial charge < -0.3 is 10.6 Å². The molecular formula is C16H18N4O2S. The van der Waals surface area contributed by atoms with Crippen molar-refractivity contribution in [2.75, 3.05) is 16.4 Å². The zero-order chi connectivity index (χ0) is 16.8. The van der Waals surface area contributed by atoms with Gasteiger partial charge in [0.25, 0.3) is 0 Å². The van der Waals surface area contributed by atoms with Gasteiger partial charge in [0.2, 0.25) is 11.8 Å². The summed E-state index contributed by atoms with van der Waals surface area (Å²) in [6.07, 6.45) is 1.67. The lowest BCUT2D eigenvalue weighted by molar-refractivity contribution is -0.114. The van der Waals surface area contributed by atoms with E-state index in [0.29, 0.717) is 16.5 Å². The average Bonchev–Trinajstić information content (AvgIpc) is 2.48. The Morgan fingerprint density at radius 3 is 2.65 bits per heavy atom. The predicted molar refractivity (Wildman–Crippen MR) is 91.6 cm³/mol. The number of hydrogen-bond donors (Lipinski definition) is 2. The third-order valence-corrected chi connectivity index (χ3v) is 3.80. The first kappa shape index (κ1) is 17.0. The van der Waals surface area contributed by atoms with Crippen molar-refractivity contribution in [2.45, 2.75) is 25.9 Å². The van der Waals surface area contributed by atoms with Gasteiger partial charge in [0.1, 0.15) is 0 Å². The zero-order valence-electron chi connectivity index (χ0n) is 13.2. The van der Waals surface area contributed by atoms with E-state index < -0.39 is 0 Å². The normalized spacial score (nSPS) is 10.2. The number of aromatic nitrogens is 2. The molecule has 7 heteroatoms. The molecular weight excluding hydrogens is 312 g/mol. The van der Waals surface area contributed by atoms with E-state index in [9.17, 15) is 9.59 Å². The second-order valence-electron chi connectivity index (χ2n) is 5.03. The summed E-state index contributed by atoms with van der Waals surface area (Å²) >= 11 is 1.28. The number of aryl methyl sites for hydroxylation is 2. The maximum Gasteiger partial charge on any atom is 0.234 e. The summed E-state index contributed by atoms with van der Waals surface area (Å²) in [5.74, 6) is -0.0891. The number of nitrogens with one attached hydrogen (secondary N) is 2. The van der Waals surface area contributed by atoms with Gasteiger partial charge in [-0.15, -0.1) is 0 Å². The van der Waals surface area contributed by atoms with Gasteiger partial charge in [-0.3, -0.25) is 9.59 Å². The first-order chi connectivity index (χ1) is 10.9. The number of carbonyl (C=O) groups is 2. The minimum atomic E-state index is -0.155. The van der Waals surface area contributed by atoms with Gasteiger partial charge in [-0.1, -0.05) is 17.8 Å². The number of amides is 2. The lowest BCUT2D eigenvalue weighted by Crippen LogP contribution is -2.15. The first-order valence-electron chi connectivity index (χ1n) is 7.04. The maximum atomic E-state index is 12.0. The highest BCUT2D eigenvalue weighted by Gasteiger charge is 2.08. The second kappa shape index (κ2) is 7.73. The fourth-order valence-electron chi connectivity index (χ4n) is 1.85. The largest absolute Gasteiger partial charge is 0.326 e. The van der Waals surface area contributed by atoms with Crippen molar-refractivity contribution in [1.82, 2.24) is 9.97 Å². The predicted octanol–water partition coefficient (Wildman–Crippen LogP) is 2.78. The van der Waals surface area contributed by atoms with Crippen LogP contribution in [0.15, 0.2) is 35.6 Å². The fourth-order valence-corrected chi connectivity index (χ4v) is 2.52. The molecule has 0 atom stereocenters. The summed E-state index contributed by atoms with van der Waals surface area (Å²) < 4.78 is 0. The molecule has 2 rings (SSSR count). The summed E-state index contributed by atoms with van der Waals surface area (Å²) in [5.41, 5.74) is 3.11. The van der Waals surface area contributed by atoms with Crippen LogP contribution < -0.4 is 10.6 Å². The van der Waals surface area contributed by atoms with E-state index in [1.54, 1.807) is 24.4 Å². The Labute approximate surface area is 139 Å². The Hall–Kier alpha value is -2.41. The summed E-state index contributed by atoms with van der Waals surface area (Å²) in [7, 11) is 0. The van der Waals surface area contributed by atoms with E-state index in [0.717, 1.165) is 11.3 Å². The highest BCUT2D eigenvalue weighted by atomic mass is 32.2. The lowest BCUT2D eigenvalue weighted by atomic mass is 10.2. The van der Waals surface area contributed by atoms with Crippen molar-refractivity contribution >= 4 is 35.0 Å². The van der Waals surface area contributed by atoms with E-state index in [2.05, 4.69) is 20.6 Å². The zero-order valence-corrected chi connectivity index (χ0v) is 14.0. The SMILES string of the molecule is CC(=O)Nc1cc(NC(=O)CSc2nccc(C)n2)ccc1C. The molecule has 1 aromatic heterocycles. The van der Waals surface area contributed by atoms with Gasteiger partial charge in [0, 0.05) is 30.2 Å². The molecule has 0 aliphatic carbocycles. The number of hydrogen-bond acceptors (Lipinski definition) is 5. The van der Waals surface area contributed by atoms with Crippen LogP contribution in [0.1, 0.15) is 18.2 Å². The third kappa shape index (κ3) is 5.37. The smallest absolute Gasteiger partial charge is 0.234 e. The van der Waals surface area contributed by atoms with E-state index >= 15 is 0 Å². The van der Waals surface area contributed by atoms with Crippen LogP contribution in [-0.4, -0.2) is 27.5 Å². The lowest BCUT2D eigenvalue weighted by Gasteiger charge is -2.10. The number of thioether (sulfide) groups is 1. The second-order valence-corrected chi connectivity index (χ2v) is 5.97. The van der Waals surface area contributed by atoms with Gasteiger partial charge in [0.05, 0.1) is 5.75 Å². The Balaban J connectivity index is 1.96. The molecule has 0 radical (unpaired) electrons. The summed E-state index contributed by atoms with van der Waals surface area (Å²) in [6.45, 7) is 5.21. The summed E-state index contributed by atoms with van der Waals surface area (Å²) in [6, 6.07) is 7.19. The first-order valence-corrected chi connectivity index (χ1v) is 8.03. The van der Waals surface area contributed by atoms with Crippen LogP contribution in [0.2, 0.25) is 0 Å². The van der Waals surface area contributed by atoms with Crippen LogP contribution in [0.4, 0.5) is 11.4 Å². The van der Waals surface area contributed by atoms with E-state index in [1.807, 2.05) is 19.9 Å². The molecule has 0 fully saturated rings. The summed E-state index contributed by atoms with van der Waals surface area (Å²) in [4.78, 5) is 31.5. The van der Waals surface area contributed by atoms with Crippen LogP contribution in [0.5, 0.6) is 0 Å². The molecule has 0 aliphatic rings. The molecule has 2 amide bonds. The molecule has 1 heterocycles. The van der Waals surface area contributed by atoms with Crippen molar-refractivity contribution in [1.29, 1.82) is 0 Å². The fraction of sp³-hybridized carbons (Fsp3) is 0.250. The van der Waals surface area contributed by atoms with Crippen LogP contribution in [0.25, 0.3) is 0 Å². The molecule has 0 saturated heterocycles. The quantitative estimate of drug-likeness (QED) is 0.650. The number of benzene rings is 1. The van der Waals surface area contributed by atoms with Crippen molar-refractivity contribution in [3.05, 3.63) is 41.7 Å². The monoisotopic (exact) mass is 330 g/mol. The van der Waals surface area contributed by atoms with Crippen molar-refractivity contribution in [3.8, 4) is 0 Å². The number of carbonyl (C=O) groups excluding carboxylic acids is 2. The molecule has 0 spiro atoms. The van der Waals surface area contributed by atoms with E-state index in [1.165, 1.54) is 18.7 Å². The molecule has 0 saturated carbocycles. The van der Waals surface area contributed by atoms with Crippen molar-refractivity contribution in [2.24, 2.45) is 0 Å². The van der Waals surface area contributed by atoms with Crippen LogP contribution in [0, 0.1) is 13.8 Å². The molecule has 1 aromatic carbocycles. The summed E-state index contributed by atoms with van der Waals surface area (Å²) in [5, 5.41) is 6.11. The van der Waals surface area contributed by atoms with E-state index in [-0.39, 0.29) is 17.6 Å². The molecule has 120 valence electrons. The maximum absolute atomic E-state index is 12.0. The Morgan fingerprint density at radius 1 is 1.17 bits per heavy atom. The van der Waals surface area contributed by atoms with Crippen molar-refractivity contribution < 1.29 is 9.59 Å². The van der Waals surface area contributed by atoms with E-state index in [4.69, 9.17) is 0 Å². The highest BCUT2D eigenvalue weighted by molar-refractivity contribution is 7.99. The van der Waals surface area contributed by atoms with Gasteiger partial charge in [-0.2, -0.15) is 0 Å². The van der Waals surface area contributed by atoms with Crippen molar-refractivity contribution in [3.63, 3.8) is 0 Å². The Morgan fingerprint density at radius 2 is 1.96 bits per heavy atom. The molecule has 6 nitrogen and oxygen atoms in total.